The molecule has 0 saturated carbocycles. The fourth-order valence-electron chi connectivity index (χ4n) is 7.19. The Bertz CT molecular complexity index is 1450. The van der Waals surface area contributed by atoms with Gasteiger partial charge in [0.1, 0.15) is 0 Å². The second kappa shape index (κ2) is 10.2. The van der Waals surface area contributed by atoms with Crippen LogP contribution in [0, 0.1) is 17.3 Å². The summed E-state index contributed by atoms with van der Waals surface area (Å²) < 4.78 is 44.1. The molecule has 228 valence electrons. The maximum absolute atomic E-state index is 14.7. The number of benzene rings is 1. The van der Waals surface area contributed by atoms with Gasteiger partial charge >= 0.3 is 217 Å². The zero-order valence-corrected chi connectivity index (χ0v) is 24.6. The van der Waals surface area contributed by atoms with Gasteiger partial charge in [0, 0.05) is 0 Å². The third-order valence-corrected chi connectivity index (χ3v) is 8.46. The Labute approximate surface area is 243 Å². The number of allylic oxidation sites excluding steroid dienone is 1. The second-order valence-electron chi connectivity index (χ2n) is 13.1. The Kier molecular flexibility index (Phi) is 7.74. The predicted octanol–water partition coefficient (Wildman–Crippen LogP) is 2.12. The molecule has 1 aromatic rings. The van der Waals surface area contributed by atoms with Crippen molar-refractivity contribution in [1.82, 2.24) is 9.80 Å². The number of nitrogens with two attached hydrogens (primary N) is 1. The van der Waals surface area contributed by atoms with Gasteiger partial charge in [0.05, 0.1) is 0 Å². The molecule has 0 heterocycles. The maximum atomic E-state index is 14.7. The van der Waals surface area contributed by atoms with Gasteiger partial charge in [-0.05, 0) is 5.41 Å². The SMILES string of the molecule is B=C1C(C(N)=O)=C(O)[C@@H](N(C)C)[C@@H]2C[C@@H]3Cc4c(c(O)cc(CN(C)CC(C)(C)C)c4C(F)(F)F)C(=O)C3=C(O)[C@]12O. The van der Waals surface area contributed by atoms with E-state index in [0.717, 1.165) is 6.07 Å². The van der Waals surface area contributed by atoms with Gasteiger partial charge in [0.25, 0.3) is 0 Å². The molecule has 0 radical (unpaired) electrons. The van der Waals surface area contributed by atoms with Crippen molar-refractivity contribution in [3.8, 4) is 5.75 Å². The van der Waals surface area contributed by atoms with E-state index in [9.17, 15) is 43.2 Å². The van der Waals surface area contributed by atoms with Crippen LogP contribution in [-0.4, -0.2) is 94.2 Å². The van der Waals surface area contributed by atoms with Gasteiger partial charge in [-0.1, -0.05) is 20.8 Å². The van der Waals surface area contributed by atoms with Crippen molar-refractivity contribution in [2.24, 2.45) is 23.0 Å². The zero-order chi connectivity index (χ0) is 31.9. The number of hydrogen-bond acceptors (Lipinski definition) is 8. The normalized spacial score (nSPS) is 26.5. The van der Waals surface area contributed by atoms with Gasteiger partial charge in [-0.3, -0.25) is 0 Å². The summed E-state index contributed by atoms with van der Waals surface area (Å²) in [4.78, 5) is 29.3. The molecule has 0 fully saturated rings. The summed E-state index contributed by atoms with van der Waals surface area (Å²) in [5.41, 5.74) is -0.652. The third-order valence-electron chi connectivity index (χ3n) is 8.46. The molecular formula is C29H37BF3N3O6. The van der Waals surface area contributed by atoms with Gasteiger partial charge in [-0.25, -0.2) is 0 Å². The number of aliphatic hydroxyl groups excluding tert-OH is 2. The van der Waals surface area contributed by atoms with Crippen LogP contribution in [0.4, 0.5) is 13.2 Å². The van der Waals surface area contributed by atoms with Crippen LogP contribution in [-0.2, 0) is 23.9 Å². The summed E-state index contributed by atoms with van der Waals surface area (Å²) in [5, 5.41) is 45.3. The molecule has 0 aromatic heterocycles. The first-order valence-electron chi connectivity index (χ1n) is 13.6. The minimum atomic E-state index is -4.86. The zero-order valence-electron chi connectivity index (χ0n) is 24.6. The van der Waals surface area contributed by atoms with Crippen LogP contribution in [0.15, 0.2) is 28.7 Å². The van der Waals surface area contributed by atoms with Crippen molar-refractivity contribution in [2.75, 3.05) is 27.7 Å². The van der Waals surface area contributed by atoms with Crippen LogP contribution in [0.25, 0.3) is 0 Å². The monoisotopic (exact) mass is 591 g/mol. The number of fused-ring (bicyclic) bond motifs is 3. The average Bonchev–Trinajstić information content (AvgIpc) is 2.78. The van der Waals surface area contributed by atoms with E-state index in [2.05, 4.69) is 7.49 Å². The van der Waals surface area contributed by atoms with E-state index in [0.29, 0.717) is 6.54 Å². The standard InChI is InChI=1S/C29H37BF3N3O6/c1-27(2,3)11-36(6)10-13-9-16(37)18-14(20(13)29(31,32)33)7-12-8-15-21(35(4)5)23(39)19(26(34)41)24(30)28(15,42)25(40)17(12)22(18)38/h9,12,15,21,30,37,39-40,42H,7-8,10-11H2,1-6H3,(H2,34,41)/t12-,15-,21-,28+/m0/s1. The molecule has 3 aliphatic carbocycles. The minimum absolute atomic E-state index is 0.140. The number of halogens is 3. The van der Waals surface area contributed by atoms with Gasteiger partial charge in [-0.15, -0.1) is 0 Å². The fraction of sp³-hybridized carbons (Fsp3) is 0.552. The number of phenols is 1. The molecule has 42 heavy (non-hydrogen) atoms. The summed E-state index contributed by atoms with van der Waals surface area (Å²) in [6, 6.07) is -0.152. The molecule has 0 unspecified atom stereocenters. The number of ketones is 1. The quantitative estimate of drug-likeness (QED) is 0.328. The Balaban J connectivity index is 1.93. The van der Waals surface area contributed by atoms with Crippen LogP contribution < -0.4 is 5.73 Å². The summed E-state index contributed by atoms with van der Waals surface area (Å²) in [7, 11) is 8.47. The summed E-state index contributed by atoms with van der Waals surface area (Å²) in [6.45, 7) is 6.16. The number of amides is 1. The van der Waals surface area contributed by atoms with E-state index in [1.165, 1.54) is 4.90 Å². The number of rotatable bonds is 5. The van der Waals surface area contributed by atoms with Crippen molar-refractivity contribution < 1.29 is 43.2 Å². The first-order chi connectivity index (χ1) is 19.1. The predicted molar refractivity (Wildman–Crippen MR) is 152 cm³/mol. The van der Waals surface area contributed by atoms with Gasteiger partial charge in [0.15, 0.2) is 0 Å². The van der Waals surface area contributed by atoms with E-state index >= 15 is 0 Å². The van der Waals surface area contributed by atoms with Crippen LogP contribution in [0.2, 0.25) is 0 Å². The van der Waals surface area contributed by atoms with Crippen LogP contribution in [0.1, 0.15) is 54.2 Å². The Hall–Kier alpha value is -3.16. The van der Waals surface area contributed by atoms with Crippen molar-refractivity contribution in [3.05, 3.63) is 51.0 Å². The van der Waals surface area contributed by atoms with E-state index < -0.39 is 80.8 Å². The number of carbonyl (C=O) groups is 2. The molecule has 0 aliphatic heterocycles. The summed E-state index contributed by atoms with van der Waals surface area (Å²) in [5.74, 6) is -6.33. The van der Waals surface area contributed by atoms with E-state index in [1.54, 1.807) is 26.0 Å². The molecular weight excluding hydrogens is 554 g/mol. The number of aliphatic hydroxyl groups is 3. The third kappa shape index (κ3) is 4.94. The van der Waals surface area contributed by atoms with Crippen molar-refractivity contribution in [2.45, 2.75) is 58.0 Å². The first kappa shape index (κ1) is 31.8. The molecule has 13 heteroatoms. The molecule has 9 nitrogen and oxygen atoms in total. The summed E-state index contributed by atoms with van der Waals surface area (Å²) >= 11 is 0. The van der Waals surface area contributed by atoms with E-state index in [1.807, 2.05) is 20.8 Å². The van der Waals surface area contributed by atoms with Gasteiger partial charge in [-0.2, -0.15) is 0 Å². The molecule has 6 N–H and O–H groups in total. The number of primary amides is 1. The first-order valence-corrected chi connectivity index (χ1v) is 13.6. The number of carbonyl (C=O) groups excluding carboxylic acids is 2. The van der Waals surface area contributed by atoms with Crippen LogP contribution >= 0.6 is 0 Å². The van der Waals surface area contributed by atoms with Crippen LogP contribution in [0.5, 0.6) is 5.75 Å². The van der Waals surface area contributed by atoms with Crippen molar-refractivity contribution in [3.63, 3.8) is 0 Å². The molecule has 4 atom stereocenters. The number of phenolic OH excluding ortho intramolecular Hbond substituents is 1. The number of hydrogen-bond donors (Lipinski definition) is 5. The Morgan fingerprint density at radius 2 is 1.76 bits per heavy atom. The van der Waals surface area contributed by atoms with Gasteiger partial charge in [0.2, 0.25) is 0 Å². The topological polar surface area (TPSA) is 148 Å². The Morgan fingerprint density at radius 3 is 2.26 bits per heavy atom. The Morgan fingerprint density at radius 1 is 1.17 bits per heavy atom. The number of aromatic hydroxyl groups is 1. The molecule has 1 amide bonds. The van der Waals surface area contributed by atoms with Crippen molar-refractivity contribution >= 4 is 24.6 Å². The number of alkyl halides is 3. The number of likely N-dealkylation sites (N-methyl/N-ethyl adjacent to an activating group) is 1. The number of nitrogens with zero attached hydrogens (tertiary/aromatic N) is 2. The molecule has 3 aliphatic rings. The molecule has 0 spiro atoms. The average molecular weight is 591 g/mol. The van der Waals surface area contributed by atoms with E-state index in [4.69, 9.17) is 5.73 Å². The van der Waals surface area contributed by atoms with Gasteiger partial charge < -0.3 is 0 Å². The number of Topliss-reactive ketones (excluding diaryl/α,β-unsaturated/α-hetero) is 1. The van der Waals surface area contributed by atoms with Crippen molar-refractivity contribution in [1.29, 1.82) is 0 Å². The van der Waals surface area contributed by atoms with E-state index in [-0.39, 0.29) is 41.5 Å². The second-order valence-corrected chi connectivity index (χ2v) is 13.1. The molecule has 4 rings (SSSR count). The summed E-state index contributed by atoms with van der Waals surface area (Å²) in [6.07, 6.45) is -5.38. The molecule has 0 bridgehead atoms. The molecule has 0 saturated heterocycles. The fourth-order valence-corrected chi connectivity index (χ4v) is 7.19. The molecule has 1 aromatic carbocycles. The van der Waals surface area contributed by atoms with Crippen LogP contribution in [0.3, 0.4) is 0 Å².